The van der Waals surface area contributed by atoms with Gasteiger partial charge in [0.1, 0.15) is 23.0 Å². The number of nitrogens with one attached hydrogen (secondary N) is 1. The van der Waals surface area contributed by atoms with E-state index in [9.17, 15) is 14.4 Å². The zero-order valence-corrected chi connectivity index (χ0v) is 27.1. The van der Waals surface area contributed by atoms with Gasteiger partial charge < -0.3 is 14.0 Å². The maximum Gasteiger partial charge on any atom is 0.279 e. The number of nitrogens with zero attached hydrogens (tertiary/aromatic N) is 2. The molecular formula is C34H39N3O5S. The number of carbonyl (C=O) groups excluding carboxylic acids is 2. The van der Waals surface area contributed by atoms with Crippen molar-refractivity contribution in [2.75, 3.05) is 13.4 Å². The summed E-state index contributed by atoms with van der Waals surface area (Å²) in [6.07, 6.45) is 2.71. The Hall–Kier alpha value is -3.85. The molecule has 3 aromatic rings. The lowest BCUT2D eigenvalue weighted by Gasteiger charge is -2.39. The second kappa shape index (κ2) is 11.3. The Labute approximate surface area is 257 Å². The SMILES string of the molecule is COc1ccc(-c2ccc(C)c(C(=O)NSC)n2)c(C)c1[C@H]1C2=C(CC(C)(C)CC2=O)Oc2cc(C(C)C)n(C)c(=O)c21. The molecule has 1 N–H and O–H groups in total. The number of aryl methyl sites for hydroxylation is 1. The molecule has 43 heavy (non-hydrogen) atoms. The van der Waals surface area contributed by atoms with E-state index in [0.717, 1.165) is 27.9 Å². The fraction of sp³-hybridized carbons (Fsp3) is 0.412. The number of aromatic nitrogens is 2. The van der Waals surface area contributed by atoms with Crippen molar-refractivity contribution >= 4 is 23.6 Å². The number of benzene rings is 1. The number of amides is 1. The molecule has 0 spiro atoms. The summed E-state index contributed by atoms with van der Waals surface area (Å²) in [5.41, 5.74) is 5.32. The molecule has 0 radical (unpaired) electrons. The Balaban J connectivity index is 1.82. The molecule has 0 bridgehead atoms. The van der Waals surface area contributed by atoms with E-state index < -0.39 is 5.92 Å². The van der Waals surface area contributed by atoms with E-state index >= 15 is 0 Å². The third-order valence-electron chi connectivity index (χ3n) is 8.51. The third kappa shape index (κ3) is 5.28. The number of Topliss-reactive ketones (excluding diaryl/α,β-unsaturated/α-hetero) is 1. The lowest BCUT2D eigenvalue weighted by atomic mass is 9.69. The summed E-state index contributed by atoms with van der Waals surface area (Å²) in [5.74, 6) is 0.748. The number of allylic oxidation sites excluding steroid dienone is 2. The molecule has 1 atom stereocenters. The lowest BCUT2D eigenvalue weighted by Crippen LogP contribution is -2.37. The van der Waals surface area contributed by atoms with Crippen LogP contribution in [0.5, 0.6) is 11.5 Å². The van der Waals surface area contributed by atoms with Crippen LogP contribution in [-0.4, -0.2) is 34.6 Å². The molecule has 1 amide bonds. The highest BCUT2D eigenvalue weighted by atomic mass is 32.2. The summed E-state index contributed by atoms with van der Waals surface area (Å²) in [4.78, 5) is 45.6. The van der Waals surface area contributed by atoms with Gasteiger partial charge in [-0.1, -0.05) is 45.7 Å². The zero-order chi connectivity index (χ0) is 31.4. The van der Waals surface area contributed by atoms with Crippen LogP contribution in [0.25, 0.3) is 11.3 Å². The highest BCUT2D eigenvalue weighted by Crippen LogP contribution is 2.52. The van der Waals surface area contributed by atoms with E-state index in [4.69, 9.17) is 14.5 Å². The van der Waals surface area contributed by atoms with Gasteiger partial charge in [0, 0.05) is 54.6 Å². The first-order chi connectivity index (χ1) is 20.3. The summed E-state index contributed by atoms with van der Waals surface area (Å²) < 4.78 is 16.8. The average molecular weight is 602 g/mol. The van der Waals surface area contributed by atoms with Crippen molar-refractivity contribution in [1.29, 1.82) is 0 Å². The van der Waals surface area contributed by atoms with E-state index in [1.54, 1.807) is 25.0 Å². The van der Waals surface area contributed by atoms with Crippen LogP contribution in [-0.2, 0) is 11.8 Å². The van der Waals surface area contributed by atoms with Gasteiger partial charge in [-0.15, -0.1) is 0 Å². The molecule has 5 rings (SSSR count). The first-order valence-electron chi connectivity index (χ1n) is 14.5. The molecule has 1 aromatic carbocycles. The summed E-state index contributed by atoms with van der Waals surface area (Å²) in [5, 5.41) is 0. The van der Waals surface area contributed by atoms with Gasteiger partial charge in [-0.2, -0.15) is 0 Å². The minimum Gasteiger partial charge on any atom is -0.496 e. The van der Waals surface area contributed by atoms with Crippen LogP contribution in [0, 0.1) is 19.3 Å². The molecular weight excluding hydrogens is 562 g/mol. The van der Waals surface area contributed by atoms with E-state index in [0.29, 0.717) is 52.6 Å². The standard InChI is InChI=1S/C34H39N3O5S/c1-17(2)22-14-25-29(33(40)37(22)7)30(28-23(38)15-34(5,6)16-26(28)42-25)27-19(4)20(11-13-24(27)41-8)21-12-10-18(3)31(35-21)32(39)36-43-9/h10-14,17,30H,15-16H2,1-9H3,(H,36,39)/t30-/m0/s1. The van der Waals surface area contributed by atoms with Crippen LogP contribution in [0.15, 0.2) is 46.5 Å². The molecule has 0 saturated heterocycles. The summed E-state index contributed by atoms with van der Waals surface area (Å²) >= 11 is 1.22. The molecule has 2 aromatic heterocycles. The van der Waals surface area contributed by atoms with Crippen molar-refractivity contribution in [2.24, 2.45) is 12.5 Å². The first-order valence-corrected chi connectivity index (χ1v) is 15.7. The van der Waals surface area contributed by atoms with Gasteiger partial charge in [0.05, 0.1) is 24.3 Å². The topological polar surface area (TPSA) is 99.5 Å². The zero-order valence-electron chi connectivity index (χ0n) is 26.3. The number of rotatable bonds is 6. The number of hydrogen-bond acceptors (Lipinski definition) is 7. The van der Waals surface area contributed by atoms with Crippen molar-refractivity contribution in [2.45, 2.75) is 66.2 Å². The van der Waals surface area contributed by atoms with Gasteiger partial charge in [0.15, 0.2) is 5.78 Å². The van der Waals surface area contributed by atoms with Gasteiger partial charge in [0.2, 0.25) is 0 Å². The Bertz CT molecular complexity index is 1750. The highest BCUT2D eigenvalue weighted by Gasteiger charge is 2.45. The Kier molecular flexibility index (Phi) is 8.07. The lowest BCUT2D eigenvalue weighted by molar-refractivity contribution is -0.118. The molecule has 0 unspecified atom stereocenters. The molecule has 9 heteroatoms. The maximum atomic E-state index is 14.2. The average Bonchev–Trinajstić information content (AvgIpc) is 2.93. The van der Waals surface area contributed by atoms with E-state index in [2.05, 4.69) is 18.6 Å². The number of methoxy groups -OCH3 is 1. The predicted molar refractivity (Wildman–Crippen MR) is 170 cm³/mol. The van der Waals surface area contributed by atoms with Gasteiger partial charge in [0.25, 0.3) is 11.5 Å². The van der Waals surface area contributed by atoms with Crippen molar-refractivity contribution < 1.29 is 19.1 Å². The minimum absolute atomic E-state index is 0.0340. The van der Waals surface area contributed by atoms with E-state index in [-0.39, 0.29) is 28.6 Å². The Morgan fingerprint density at radius 3 is 2.51 bits per heavy atom. The molecule has 0 saturated carbocycles. The molecule has 8 nitrogen and oxygen atoms in total. The molecule has 0 fully saturated rings. The summed E-state index contributed by atoms with van der Waals surface area (Å²) in [6, 6.07) is 9.46. The van der Waals surface area contributed by atoms with Crippen LogP contribution in [0.2, 0.25) is 0 Å². The smallest absolute Gasteiger partial charge is 0.279 e. The largest absolute Gasteiger partial charge is 0.496 e. The van der Waals surface area contributed by atoms with Crippen LogP contribution >= 0.6 is 11.9 Å². The highest BCUT2D eigenvalue weighted by molar-refractivity contribution is 7.97. The van der Waals surface area contributed by atoms with Crippen LogP contribution in [0.1, 0.15) is 90.8 Å². The predicted octanol–water partition coefficient (Wildman–Crippen LogP) is 6.37. The number of ether oxygens (including phenoxy) is 2. The van der Waals surface area contributed by atoms with Gasteiger partial charge in [-0.25, -0.2) is 4.98 Å². The maximum absolute atomic E-state index is 14.2. The van der Waals surface area contributed by atoms with Gasteiger partial charge >= 0.3 is 0 Å². The normalized spacial score (nSPS) is 17.3. The second-order valence-electron chi connectivity index (χ2n) is 12.5. The summed E-state index contributed by atoms with van der Waals surface area (Å²) in [7, 11) is 3.36. The molecule has 2 aliphatic rings. The van der Waals surface area contributed by atoms with Crippen LogP contribution < -0.4 is 19.8 Å². The molecule has 3 heterocycles. The number of fused-ring (bicyclic) bond motifs is 1. The minimum atomic E-state index is -0.693. The fourth-order valence-electron chi connectivity index (χ4n) is 6.44. The Morgan fingerprint density at radius 2 is 1.86 bits per heavy atom. The quantitative estimate of drug-likeness (QED) is 0.328. The van der Waals surface area contributed by atoms with Crippen molar-refractivity contribution in [3.8, 4) is 22.8 Å². The van der Waals surface area contributed by atoms with Gasteiger partial charge in [-0.05, 0) is 54.5 Å². The number of ketones is 1. The fourth-order valence-corrected chi connectivity index (χ4v) is 6.72. The van der Waals surface area contributed by atoms with Crippen molar-refractivity contribution in [3.63, 3.8) is 0 Å². The number of carbonyl (C=O) groups is 2. The van der Waals surface area contributed by atoms with Gasteiger partial charge in [-0.3, -0.25) is 19.1 Å². The third-order valence-corrected chi connectivity index (χ3v) is 8.90. The van der Waals surface area contributed by atoms with Crippen LogP contribution in [0.4, 0.5) is 0 Å². The molecule has 226 valence electrons. The van der Waals surface area contributed by atoms with Crippen LogP contribution in [0.3, 0.4) is 0 Å². The number of hydrogen-bond donors (Lipinski definition) is 1. The monoisotopic (exact) mass is 601 g/mol. The second-order valence-corrected chi connectivity index (χ2v) is 13.1. The first kappa shape index (κ1) is 30.6. The van der Waals surface area contributed by atoms with Crippen molar-refractivity contribution in [3.05, 3.63) is 85.7 Å². The van der Waals surface area contributed by atoms with Crippen molar-refractivity contribution in [1.82, 2.24) is 14.3 Å². The van der Waals surface area contributed by atoms with E-state index in [1.807, 2.05) is 58.0 Å². The molecule has 1 aliphatic heterocycles. The molecule has 1 aliphatic carbocycles. The Morgan fingerprint density at radius 1 is 1.14 bits per heavy atom. The van der Waals surface area contributed by atoms with E-state index in [1.165, 1.54) is 11.9 Å². The summed E-state index contributed by atoms with van der Waals surface area (Å²) in [6.45, 7) is 12.0. The number of pyridine rings is 2.